The Balaban J connectivity index is 1.97. The Morgan fingerprint density at radius 2 is 2.29 bits per heavy atom. The first-order valence-electron chi connectivity index (χ1n) is 8.81. The van der Waals surface area contributed by atoms with E-state index in [1.807, 2.05) is 31.1 Å². The van der Waals surface area contributed by atoms with Gasteiger partial charge in [-0.3, -0.25) is 9.69 Å². The highest BCUT2D eigenvalue weighted by molar-refractivity contribution is 5.81. The van der Waals surface area contributed by atoms with Crippen LogP contribution in [0.4, 0.5) is 5.82 Å². The van der Waals surface area contributed by atoms with Gasteiger partial charge in [-0.15, -0.1) is 0 Å². The van der Waals surface area contributed by atoms with E-state index in [-0.39, 0.29) is 18.1 Å². The Morgan fingerprint density at radius 1 is 1.50 bits per heavy atom. The standard InChI is InChI=1S/C18H30N4O2/c1-5-15-13-22(10-11-24-15)16(6-2)18(23)20-12-14-8-7-9-19-17(14)21(3)4/h7-9,15-16H,5-6,10-13H2,1-4H3,(H,20,23)/t15-,16+/m0/s1. The van der Waals surface area contributed by atoms with Gasteiger partial charge in [0, 0.05) is 45.5 Å². The molecule has 2 heterocycles. The maximum absolute atomic E-state index is 12.7. The Bertz CT molecular complexity index is 536. The van der Waals surface area contributed by atoms with E-state index in [0.717, 1.165) is 37.3 Å². The van der Waals surface area contributed by atoms with Gasteiger partial charge in [-0.2, -0.15) is 0 Å². The summed E-state index contributed by atoms with van der Waals surface area (Å²) >= 11 is 0. The summed E-state index contributed by atoms with van der Waals surface area (Å²) in [4.78, 5) is 21.3. The van der Waals surface area contributed by atoms with Gasteiger partial charge >= 0.3 is 0 Å². The van der Waals surface area contributed by atoms with Crippen molar-refractivity contribution >= 4 is 11.7 Å². The van der Waals surface area contributed by atoms with Crippen molar-refractivity contribution in [2.24, 2.45) is 0 Å². The maximum atomic E-state index is 12.7. The van der Waals surface area contributed by atoms with Gasteiger partial charge in [0.25, 0.3) is 0 Å². The summed E-state index contributed by atoms with van der Waals surface area (Å²) in [6.07, 6.45) is 3.79. The number of hydrogen-bond acceptors (Lipinski definition) is 5. The molecule has 0 saturated carbocycles. The molecular weight excluding hydrogens is 304 g/mol. The number of carbonyl (C=O) groups is 1. The second-order valence-corrected chi connectivity index (χ2v) is 6.42. The first kappa shape index (κ1) is 18.7. The summed E-state index contributed by atoms with van der Waals surface area (Å²) in [6, 6.07) is 3.81. The van der Waals surface area contributed by atoms with Crippen LogP contribution in [0.25, 0.3) is 0 Å². The second kappa shape index (κ2) is 8.99. The summed E-state index contributed by atoms with van der Waals surface area (Å²) in [6.45, 7) is 7.04. The van der Waals surface area contributed by atoms with Gasteiger partial charge < -0.3 is 15.0 Å². The molecule has 0 radical (unpaired) electrons. The molecule has 6 heteroatoms. The molecule has 6 nitrogen and oxygen atoms in total. The molecule has 0 spiro atoms. The minimum atomic E-state index is -0.0950. The molecular formula is C18H30N4O2. The number of nitrogens with zero attached hydrogens (tertiary/aromatic N) is 3. The fourth-order valence-corrected chi connectivity index (χ4v) is 3.15. The lowest BCUT2D eigenvalue weighted by molar-refractivity contribution is -0.130. The van der Waals surface area contributed by atoms with Crippen molar-refractivity contribution in [3.8, 4) is 0 Å². The fourth-order valence-electron chi connectivity index (χ4n) is 3.15. The summed E-state index contributed by atoms with van der Waals surface area (Å²) in [5.41, 5.74) is 1.03. The monoisotopic (exact) mass is 334 g/mol. The van der Waals surface area contributed by atoms with Gasteiger partial charge in [-0.05, 0) is 18.9 Å². The molecule has 0 aromatic carbocycles. The van der Waals surface area contributed by atoms with Crippen LogP contribution in [0.2, 0.25) is 0 Å². The molecule has 1 N–H and O–H groups in total. The molecule has 2 rings (SSSR count). The summed E-state index contributed by atoms with van der Waals surface area (Å²) < 4.78 is 5.72. The lowest BCUT2D eigenvalue weighted by atomic mass is 10.1. The van der Waals surface area contributed by atoms with Crippen LogP contribution in [-0.4, -0.2) is 61.7 Å². The van der Waals surface area contributed by atoms with Gasteiger partial charge in [0.05, 0.1) is 18.8 Å². The highest BCUT2D eigenvalue weighted by atomic mass is 16.5. The predicted molar refractivity (Wildman–Crippen MR) is 96.1 cm³/mol. The van der Waals surface area contributed by atoms with E-state index < -0.39 is 0 Å². The van der Waals surface area contributed by atoms with Crippen LogP contribution < -0.4 is 10.2 Å². The molecule has 1 fully saturated rings. The average molecular weight is 334 g/mol. The van der Waals surface area contributed by atoms with E-state index in [9.17, 15) is 4.79 Å². The van der Waals surface area contributed by atoms with Crippen molar-refractivity contribution in [3.63, 3.8) is 0 Å². The molecule has 0 unspecified atom stereocenters. The van der Waals surface area contributed by atoms with Crippen LogP contribution in [0.1, 0.15) is 32.3 Å². The maximum Gasteiger partial charge on any atom is 0.237 e. The van der Waals surface area contributed by atoms with Crippen LogP contribution in [0.5, 0.6) is 0 Å². The van der Waals surface area contributed by atoms with Gasteiger partial charge in [0.2, 0.25) is 5.91 Å². The first-order valence-corrected chi connectivity index (χ1v) is 8.81. The zero-order chi connectivity index (χ0) is 17.5. The topological polar surface area (TPSA) is 57.7 Å². The van der Waals surface area contributed by atoms with Gasteiger partial charge in [0.1, 0.15) is 5.82 Å². The van der Waals surface area contributed by atoms with Crippen LogP contribution in [0.3, 0.4) is 0 Å². The highest BCUT2D eigenvalue weighted by Gasteiger charge is 2.29. The lowest BCUT2D eigenvalue weighted by Gasteiger charge is -2.37. The lowest BCUT2D eigenvalue weighted by Crippen LogP contribution is -2.53. The molecule has 134 valence electrons. The quantitative estimate of drug-likeness (QED) is 0.822. The number of carbonyl (C=O) groups excluding carboxylic acids is 1. The van der Waals surface area contributed by atoms with E-state index >= 15 is 0 Å². The summed E-state index contributed by atoms with van der Waals surface area (Å²) in [7, 11) is 3.92. The largest absolute Gasteiger partial charge is 0.376 e. The smallest absolute Gasteiger partial charge is 0.237 e. The highest BCUT2D eigenvalue weighted by Crippen LogP contribution is 2.16. The molecule has 1 aliphatic heterocycles. The predicted octanol–water partition coefficient (Wildman–Crippen LogP) is 1.65. The third-order valence-corrected chi connectivity index (χ3v) is 4.50. The van der Waals surface area contributed by atoms with Crippen molar-refractivity contribution in [1.82, 2.24) is 15.2 Å². The SMILES string of the molecule is CC[C@H]1CN([C@H](CC)C(=O)NCc2cccnc2N(C)C)CCO1. The normalized spacial score (nSPS) is 19.8. The number of hydrogen-bond donors (Lipinski definition) is 1. The number of amides is 1. The molecule has 1 aliphatic rings. The Kier molecular flexibility index (Phi) is 6.99. The van der Waals surface area contributed by atoms with E-state index in [1.54, 1.807) is 6.20 Å². The van der Waals surface area contributed by atoms with E-state index in [2.05, 4.69) is 29.0 Å². The zero-order valence-corrected chi connectivity index (χ0v) is 15.3. The third-order valence-electron chi connectivity index (χ3n) is 4.50. The zero-order valence-electron chi connectivity index (χ0n) is 15.3. The van der Waals surface area contributed by atoms with Gasteiger partial charge in [-0.25, -0.2) is 4.98 Å². The molecule has 24 heavy (non-hydrogen) atoms. The minimum Gasteiger partial charge on any atom is -0.376 e. The molecule has 1 aromatic rings. The van der Waals surface area contributed by atoms with Gasteiger partial charge in [-0.1, -0.05) is 19.9 Å². The number of anilines is 1. The number of rotatable bonds is 7. The Morgan fingerprint density at radius 3 is 2.96 bits per heavy atom. The number of aromatic nitrogens is 1. The summed E-state index contributed by atoms with van der Waals surface area (Å²) in [5.74, 6) is 0.978. The minimum absolute atomic E-state index is 0.0859. The van der Waals surface area contributed by atoms with Crippen molar-refractivity contribution in [2.75, 3.05) is 38.7 Å². The molecule has 2 atom stereocenters. The molecule has 1 aromatic heterocycles. The molecule has 0 bridgehead atoms. The molecule has 1 saturated heterocycles. The van der Waals surface area contributed by atoms with Crippen molar-refractivity contribution in [2.45, 2.75) is 45.4 Å². The molecule has 1 amide bonds. The summed E-state index contributed by atoms with van der Waals surface area (Å²) in [5, 5.41) is 3.09. The Hall–Kier alpha value is -1.66. The third kappa shape index (κ3) is 4.68. The number of ether oxygens (including phenoxy) is 1. The fraction of sp³-hybridized carbons (Fsp3) is 0.667. The number of morpholine rings is 1. The van der Waals surface area contributed by atoms with E-state index in [4.69, 9.17) is 4.74 Å². The van der Waals surface area contributed by atoms with Crippen LogP contribution >= 0.6 is 0 Å². The van der Waals surface area contributed by atoms with Crippen LogP contribution in [-0.2, 0) is 16.1 Å². The second-order valence-electron chi connectivity index (χ2n) is 6.42. The molecule has 0 aliphatic carbocycles. The van der Waals surface area contributed by atoms with Crippen molar-refractivity contribution < 1.29 is 9.53 Å². The first-order chi connectivity index (χ1) is 11.6. The average Bonchev–Trinajstić information content (AvgIpc) is 2.61. The van der Waals surface area contributed by atoms with Crippen LogP contribution in [0, 0.1) is 0 Å². The van der Waals surface area contributed by atoms with Gasteiger partial charge in [0.15, 0.2) is 0 Å². The van der Waals surface area contributed by atoms with Crippen LogP contribution in [0.15, 0.2) is 18.3 Å². The number of nitrogens with one attached hydrogen (secondary N) is 1. The van der Waals surface area contributed by atoms with E-state index in [1.165, 1.54) is 0 Å². The van der Waals surface area contributed by atoms with Crippen molar-refractivity contribution in [1.29, 1.82) is 0 Å². The van der Waals surface area contributed by atoms with Crippen molar-refractivity contribution in [3.05, 3.63) is 23.9 Å². The Labute approximate surface area is 145 Å². The van der Waals surface area contributed by atoms with E-state index in [0.29, 0.717) is 13.2 Å². The number of pyridine rings is 1.